The van der Waals surface area contributed by atoms with Gasteiger partial charge in [-0.2, -0.15) is 5.26 Å². The molecule has 1 aromatic carbocycles. The molecule has 0 radical (unpaired) electrons. The number of benzene rings is 1. The van der Waals surface area contributed by atoms with Crippen molar-refractivity contribution in [2.45, 2.75) is 26.7 Å². The van der Waals surface area contributed by atoms with Crippen molar-refractivity contribution >= 4 is 17.4 Å². The lowest BCUT2D eigenvalue weighted by molar-refractivity contribution is -0.127. The van der Waals surface area contributed by atoms with Gasteiger partial charge in [-0.3, -0.25) is 4.79 Å². The minimum absolute atomic E-state index is 0.0255. The molecule has 1 fully saturated rings. The highest BCUT2D eigenvalue weighted by molar-refractivity contribution is 5.99. The minimum Gasteiger partial charge on any atom is -0.401 e. The number of carbonyl (C=O) groups is 1. The van der Waals surface area contributed by atoms with Crippen LogP contribution in [0.3, 0.4) is 0 Å². The second-order valence-corrected chi connectivity index (χ2v) is 8.66. The lowest BCUT2D eigenvalue weighted by Gasteiger charge is -2.37. The first-order chi connectivity index (χ1) is 14.7. The number of fused-ring (bicyclic) bond motifs is 2. The number of pyridine rings is 1. The molecule has 4 rings (SSSR count). The molecule has 0 aliphatic heterocycles. The third-order valence-electron chi connectivity index (χ3n) is 6.94. The number of anilines is 1. The molecule has 6 nitrogen and oxygen atoms in total. The summed E-state index contributed by atoms with van der Waals surface area (Å²) in [6, 6.07) is 11.5. The summed E-state index contributed by atoms with van der Waals surface area (Å²) < 4.78 is 14.2. The average molecular weight is 417 g/mol. The van der Waals surface area contributed by atoms with Crippen molar-refractivity contribution in [1.29, 1.82) is 5.26 Å². The Balaban J connectivity index is 1.72. The Morgan fingerprint density at radius 1 is 1.32 bits per heavy atom. The molecule has 0 saturated heterocycles. The van der Waals surface area contributed by atoms with Crippen LogP contribution in [0.5, 0.6) is 0 Å². The number of amides is 1. The summed E-state index contributed by atoms with van der Waals surface area (Å²) in [6.07, 6.45) is 4.51. The van der Waals surface area contributed by atoms with Gasteiger partial charge in [0, 0.05) is 23.2 Å². The number of hydrogen-bond donors (Lipinski definition) is 3. The Labute approximate surface area is 180 Å². The second-order valence-electron chi connectivity index (χ2n) is 8.66. The number of nitriles is 1. The molecular formula is C24H24FN5O. The number of rotatable bonds is 4. The van der Waals surface area contributed by atoms with Crippen LogP contribution in [0.4, 0.5) is 10.2 Å². The van der Waals surface area contributed by atoms with Crippen LogP contribution in [-0.4, -0.2) is 10.9 Å². The van der Waals surface area contributed by atoms with E-state index >= 15 is 0 Å². The molecule has 1 saturated carbocycles. The second kappa shape index (κ2) is 7.24. The Morgan fingerprint density at radius 3 is 2.71 bits per heavy atom. The summed E-state index contributed by atoms with van der Waals surface area (Å²) in [4.78, 5) is 17.6. The summed E-state index contributed by atoms with van der Waals surface area (Å²) >= 11 is 0. The Hall–Kier alpha value is -3.66. The normalized spacial score (nSPS) is 24.2. The highest BCUT2D eigenvalue weighted by Gasteiger charge is 2.66. The maximum absolute atomic E-state index is 14.2. The standard InChI is InChI=1S/C24H24FN5O/c1-23(2)17-9-10-24(23,22(31)30-20-8-7-14(12-26)13-29-20)21(28)16(17)11-19(27)15-5-3-4-6-18(15)25/h3-8,11,13,17H,9-10,27-28H2,1-2H3,(H,29,30,31)/b19-11-. The van der Waals surface area contributed by atoms with Gasteiger partial charge in [-0.25, -0.2) is 9.37 Å². The van der Waals surface area contributed by atoms with Gasteiger partial charge >= 0.3 is 0 Å². The molecular weight excluding hydrogens is 393 g/mol. The molecule has 0 spiro atoms. The minimum atomic E-state index is -0.922. The number of nitrogens with one attached hydrogen (secondary N) is 1. The zero-order valence-electron chi connectivity index (χ0n) is 17.4. The van der Waals surface area contributed by atoms with Crippen molar-refractivity contribution in [3.63, 3.8) is 0 Å². The van der Waals surface area contributed by atoms with Crippen LogP contribution < -0.4 is 16.8 Å². The van der Waals surface area contributed by atoms with Crippen LogP contribution >= 0.6 is 0 Å². The highest BCUT2D eigenvalue weighted by Crippen LogP contribution is 2.67. The molecule has 1 aromatic heterocycles. The molecule has 2 unspecified atom stereocenters. The fraction of sp³-hybridized carbons (Fsp3) is 0.292. The van der Waals surface area contributed by atoms with E-state index in [1.54, 1.807) is 36.4 Å². The monoisotopic (exact) mass is 417 g/mol. The van der Waals surface area contributed by atoms with Gasteiger partial charge in [0.05, 0.1) is 11.0 Å². The average Bonchev–Trinajstić information content (AvgIpc) is 3.11. The molecule has 2 aromatic rings. The van der Waals surface area contributed by atoms with Crippen molar-refractivity contribution in [2.75, 3.05) is 5.32 Å². The van der Waals surface area contributed by atoms with E-state index in [2.05, 4.69) is 10.3 Å². The van der Waals surface area contributed by atoms with Gasteiger partial charge in [-0.15, -0.1) is 0 Å². The number of nitrogens with zero attached hydrogens (tertiary/aromatic N) is 2. The Kier molecular flexibility index (Phi) is 4.81. The fourth-order valence-electron chi connectivity index (χ4n) is 5.21. The molecule has 5 N–H and O–H groups in total. The van der Waals surface area contributed by atoms with E-state index in [-0.39, 0.29) is 17.5 Å². The van der Waals surface area contributed by atoms with Gasteiger partial charge in [-0.05, 0) is 60.1 Å². The predicted molar refractivity (Wildman–Crippen MR) is 116 cm³/mol. The predicted octanol–water partition coefficient (Wildman–Crippen LogP) is 3.68. The fourth-order valence-corrected chi connectivity index (χ4v) is 5.21. The van der Waals surface area contributed by atoms with Crippen LogP contribution in [0.25, 0.3) is 5.70 Å². The smallest absolute Gasteiger partial charge is 0.238 e. The Bertz CT molecular complexity index is 1160. The number of halogens is 1. The third-order valence-corrected chi connectivity index (χ3v) is 6.94. The summed E-state index contributed by atoms with van der Waals surface area (Å²) in [5.74, 6) is -0.252. The van der Waals surface area contributed by atoms with Gasteiger partial charge in [0.2, 0.25) is 5.91 Å². The van der Waals surface area contributed by atoms with Gasteiger partial charge in [-0.1, -0.05) is 26.0 Å². The summed E-state index contributed by atoms with van der Waals surface area (Å²) in [6.45, 7) is 4.06. The van der Waals surface area contributed by atoms with Gasteiger partial charge in [0.25, 0.3) is 0 Å². The van der Waals surface area contributed by atoms with Crippen molar-refractivity contribution < 1.29 is 9.18 Å². The zero-order chi connectivity index (χ0) is 22.4. The lowest BCUT2D eigenvalue weighted by atomic mass is 9.67. The quantitative estimate of drug-likeness (QED) is 0.701. The maximum atomic E-state index is 14.2. The van der Waals surface area contributed by atoms with E-state index < -0.39 is 16.6 Å². The topological polar surface area (TPSA) is 118 Å². The van der Waals surface area contributed by atoms with E-state index in [4.69, 9.17) is 16.7 Å². The van der Waals surface area contributed by atoms with Crippen molar-refractivity contribution in [3.05, 3.63) is 76.9 Å². The van der Waals surface area contributed by atoms with Crippen LogP contribution in [0.1, 0.15) is 37.8 Å². The summed E-state index contributed by atoms with van der Waals surface area (Å²) in [5.41, 5.74) is 13.7. The number of aromatic nitrogens is 1. The molecule has 31 heavy (non-hydrogen) atoms. The molecule has 2 aliphatic rings. The van der Waals surface area contributed by atoms with E-state index in [1.807, 2.05) is 19.9 Å². The van der Waals surface area contributed by atoms with Gasteiger partial charge in [0.15, 0.2) is 0 Å². The first-order valence-electron chi connectivity index (χ1n) is 10.1. The van der Waals surface area contributed by atoms with Crippen molar-refractivity contribution in [3.8, 4) is 6.07 Å². The van der Waals surface area contributed by atoms with Gasteiger partial charge in [0.1, 0.15) is 17.7 Å². The van der Waals surface area contributed by atoms with E-state index in [1.165, 1.54) is 12.3 Å². The largest absolute Gasteiger partial charge is 0.401 e. The van der Waals surface area contributed by atoms with Crippen LogP contribution in [0, 0.1) is 33.9 Å². The van der Waals surface area contributed by atoms with Crippen LogP contribution in [0.15, 0.2) is 59.9 Å². The third kappa shape index (κ3) is 2.98. The molecule has 1 amide bonds. The zero-order valence-corrected chi connectivity index (χ0v) is 17.4. The summed E-state index contributed by atoms with van der Waals surface area (Å²) in [5, 5.41) is 11.8. The first-order valence-corrected chi connectivity index (χ1v) is 10.1. The molecule has 1 heterocycles. The number of carbonyl (C=O) groups excluding carboxylic acids is 1. The summed E-state index contributed by atoms with van der Waals surface area (Å²) in [7, 11) is 0. The van der Waals surface area contributed by atoms with Gasteiger partial charge < -0.3 is 16.8 Å². The van der Waals surface area contributed by atoms with Crippen molar-refractivity contribution in [1.82, 2.24) is 4.98 Å². The van der Waals surface area contributed by atoms with Crippen LogP contribution in [-0.2, 0) is 4.79 Å². The van der Waals surface area contributed by atoms with Crippen LogP contribution in [0.2, 0.25) is 0 Å². The number of hydrogen-bond acceptors (Lipinski definition) is 5. The first kappa shape index (κ1) is 20.6. The van der Waals surface area contributed by atoms with Crippen molar-refractivity contribution in [2.24, 2.45) is 28.2 Å². The highest BCUT2D eigenvalue weighted by atomic mass is 19.1. The van der Waals surface area contributed by atoms with E-state index in [9.17, 15) is 9.18 Å². The number of nitrogens with two attached hydrogens (primary N) is 2. The Morgan fingerprint density at radius 2 is 2.06 bits per heavy atom. The molecule has 2 aliphatic carbocycles. The van der Waals surface area contributed by atoms with E-state index in [0.717, 1.165) is 12.0 Å². The molecule has 2 atom stereocenters. The molecule has 158 valence electrons. The lowest BCUT2D eigenvalue weighted by Crippen LogP contribution is -2.46. The van der Waals surface area contributed by atoms with E-state index in [0.29, 0.717) is 29.1 Å². The number of allylic oxidation sites excluding steroid dienone is 2. The maximum Gasteiger partial charge on any atom is 0.238 e. The molecule has 2 bridgehead atoms. The molecule has 7 heteroatoms. The SMILES string of the molecule is CC1(C)C2CCC1(C(=O)Nc1ccc(C#N)cn1)C(N)=C2/C=C(\N)c1ccccc1F.